The van der Waals surface area contributed by atoms with E-state index in [2.05, 4.69) is 34.4 Å². The maximum atomic E-state index is 6.41. The molecule has 0 saturated heterocycles. The molecule has 0 radical (unpaired) electrons. The summed E-state index contributed by atoms with van der Waals surface area (Å²) in [6, 6.07) is 10.4. The first kappa shape index (κ1) is 14.5. The fraction of sp³-hybridized carbons (Fsp3) is 0.500. The maximum Gasteiger partial charge on any atom is 0.237 e. The van der Waals surface area contributed by atoms with E-state index in [4.69, 9.17) is 10.3 Å². The summed E-state index contributed by atoms with van der Waals surface area (Å²) in [5, 5.41) is 4.19. The lowest BCUT2D eigenvalue weighted by Crippen LogP contribution is -2.34. The second kappa shape index (κ2) is 5.11. The zero-order valence-corrected chi connectivity index (χ0v) is 12.7. The van der Waals surface area contributed by atoms with Gasteiger partial charge in [-0.1, -0.05) is 48.3 Å². The second-order valence-corrected chi connectivity index (χ2v) is 6.23. The Morgan fingerprint density at radius 2 is 1.67 bits per heavy atom. The minimum atomic E-state index is -0.367. The van der Waals surface area contributed by atoms with Crippen LogP contribution in [0.2, 0.25) is 0 Å². The van der Waals surface area contributed by atoms with E-state index in [0.717, 1.165) is 44.4 Å². The van der Waals surface area contributed by atoms with Gasteiger partial charge < -0.3 is 10.3 Å². The first-order valence-corrected chi connectivity index (χ1v) is 7.42. The highest BCUT2D eigenvalue weighted by Crippen LogP contribution is 2.53. The van der Waals surface area contributed by atoms with Crippen LogP contribution in [0.1, 0.15) is 55.8 Å². The number of hydrogen-bond donors (Lipinski definition) is 1. The number of nitrogens with two attached hydrogens (primary N) is 1. The van der Waals surface area contributed by atoms with Crippen LogP contribution in [0.3, 0.4) is 0 Å². The van der Waals surface area contributed by atoms with Crippen molar-refractivity contribution in [1.29, 1.82) is 0 Å². The smallest absolute Gasteiger partial charge is 0.237 e. The fourth-order valence-corrected chi connectivity index (χ4v) is 3.36. The van der Waals surface area contributed by atoms with Crippen LogP contribution in [-0.4, -0.2) is 10.1 Å². The van der Waals surface area contributed by atoms with Crippen molar-refractivity contribution in [2.45, 2.75) is 49.5 Å². The Hall–Kier alpha value is -1.39. The molecule has 112 valence electrons. The van der Waals surface area contributed by atoms with Gasteiger partial charge in [-0.05, 0) is 31.2 Å². The number of hydrogen-bond acceptors (Lipinski definition) is 4. The fourth-order valence-electron chi connectivity index (χ4n) is 3.36. The highest BCUT2D eigenvalue weighted by Gasteiger charge is 2.51. The van der Waals surface area contributed by atoms with Gasteiger partial charge in [0.2, 0.25) is 5.89 Å². The molecule has 2 aliphatic carbocycles. The summed E-state index contributed by atoms with van der Waals surface area (Å²) in [7, 11) is 0. The largest absolute Gasteiger partial charge is 0.338 e. The molecule has 0 spiro atoms. The average molecular weight is 306 g/mol. The molecule has 0 amide bonds. The summed E-state index contributed by atoms with van der Waals surface area (Å²) in [5.74, 6) is 1.45. The summed E-state index contributed by atoms with van der Waals surface area (Å²) in [6.45, 7) is 0. The Balaban J connectivity index is 0.00000132. The molecule has 2 aliphatic rings. The lowest BCUT2D eigenvalue weighted by atomic mass is 9.95. The molecule has 2 fully saturated rings. The van der Waals surface area contributed by atoms with Gasteiger partial charge in [-0.2, -0.15) is 4.98 Å². The van der Waals surface area contributed by atoms with E-state index in [0.29, 0.717) is 5.82 Å². The van der Waals surface area contributed by atoms with Crippen molar-refractivity contribution in [3.63, 3.8) is 0 Å². The Morgan fingerprint density at radius 3 is 2.29 bits per heavy atom. The van der Waals surface area contributed by atoms with E-state index < -0.39 is 0 Å². The van der Waals surface area contributed by atoms with E-state index in [1.54, 1.807) is 0 Å². The van der Waals surface area contributed by atoms with Gasteiger partial charge in [0, 0.05) is 0 Å². The zero-order valence-electron chi connectivity index (χ0n) is 11.9. The van der Waals surface area contributed by atoms with E-state index in [-0.39, 0.29) is 23.4 Å². The summed E-state index contributed by atoms with van der Waals surface area (Å²) in [5.41, 5.74) is 7.26. The normalized spacial score (nSPS) is 21.8. The summed E-state index contributed by atoms with van der Waals surface area (Å²) in [4.78, 5) is 4.67. The summed E-state index contributed by atoms with van der Waals surface area (Å²) in [6.07, 6.45) is 6.40. The van der Waals surface area contributed by atoms with Gasteiger partial charge >= 0.3 is 0 Å². The minimum Gasteiger partial charge on any atom is -0.338 e. The van der Waals surface area contributed by atoms with E-state index >= 15 is 0 Å². The van der Waals surface area contributed by atoms with Gasteiger partial charge in [0.25, 0.3) is 0 Å². The van der Waals surface area contributed by atoms with Gasteiger partial charge in [-0.25, -0.2) is 0 Å². The third-order valence-electron chi connectivity index (χ3n) is 4.85. The van der Waals surface area contributed by atoms with Crippen molar-refractivity contribution >= 4 is 12.4 Å². The average Bonchev–Trinajstić information content (AvgIpc) is 2.92. The number of halogens is 1. The predicted octanol–water partition coefficient (Wildman–Crippen LogP) is 3.30. The molecule has 0 atom stereocenters. The van der Waals surface area contributed by atoms with Crippen LogP contribution in [0, 0.1) is 0 Å². The number of nitrogens with zero attached hydrogens (tertiary/aromatic N) is 2. The maximum absolute atomic E-state index is 6.41. The van der Waals surface area contributed by atoms with Gasteiger partial charge in [0.15, 0.2) is 5.82 Å². The van der Waals surface area contributed by atoms with Gasteiger partial charge in [-0.15, -0.1) is 12.4 Å². The SMILES string of the molecule is Cl.NC1(c2noc(C3(c4ccccc4)CC3)n2)CCCC1. The van der Waals surface area contributed by atoms with Crippen LogP contribution in [0.15, 0.2) is 34.9 Å². The monoisotopic (exact) mass is 305 g/mol. The van der Waals surface area contributed by atoms with Gasteiger partial charge in [0.05, 0.1) is 11.0 Å². The van der Waals surface area contributed by atoms with Crippen LogP contribution in [0.4, 0.5) is 0 Å². The van der Waals surface area contributed by atoms with Gasteiger partial charge in [0.1, 0.15) is 0 Å². The summed E-state index contributed by atoms with van der Waals surface area (Å²) < 4.78 is 5.58. The topological polar surface area (TPSA) is 64.9 Å². The van der Waals surface area contributed by atoms with Crippen molar-refractivity contribution in [3.05, 3.63) is 47.6 Å². The number of aromatic nitrogens is 2. The molecule has 0 aliphatic heterocycles. The Labute approximate surface area is 130 Å². The highest BCUT2D eigenvalue weighted by molar-refractivity contribution is 5.85. The van der Waals surface area contributed by atoms with Crippen molar-refractivity contribution in [3.8, 4) is 0 Å². The zero-order chi connectivity index (χ0) is 13.6. The molecule has 4 nitrogen and oxygen atoms in total. The molecule has 2 N–H and O–H groups in total. The highest BCUT2D eigenvalue weighted by atomic mass is 35.5. The van der Waals surface area contributed by atoms with E-state index in [1.807, 2.05) is 6.07 Å². The van der Waals surface area contributed by atoms with Gasteiger partial charge in [-0.3, -0.25) is 0 Å². The molecule has 1 aromatic heterocycles. The number of rotatable bonds is 3. The quantitative estimate of drug-likeness (QED) is 0.945. The van der Waals surface area contributed by atoms with Crippen molar-refractivity contribution < 1.29 is 4.52 Å². The first-order valence-electron chi connectivity index (χ1n) is 7.42. The molecule has 4 rings (SSSR count). The van der Waals surface area contributed by atoms with Crippen LogP contribution in [0.5, 0.6) is 0 Å². The first-order chi connectivity index (χ1) is 9.73. The van der Waals surface area contributed by atoms with E-state index in [1.165, 1.54) is 5.56 Å². The Bertz CT molecular complexity index is 615. The lowest BCUT2D eigenvalue weighted by molar-refractivity contribution is 0.337. The Morgan fingerprint density at radius 1 is 1.00 bits per heavy atom. The molecule has 1 heterocycles. The Kier molecular flexibility index (Phi) is 3.54. The minimum absolute atomic E-state index is 0. The lowest BCUT2D eigenvalue weighted by Gasteiger charge is -2.18. The predicted molar refractivity (Wildman–Crippen MR) is 82.3 cm³/mol. The van der Waals surface area contributed by atoms with E-state index in [9.17, 15) is 0 Å². The van der Waals surface area contributed by atoms with Crippen LogP contribution < -0.4 is 5.73 Å². The second-order valence-electron chi connectivity index (χ2n) is 6.23. The molecule has 2 aromatic rings. The van der Waals surface area contributed by atoms with Crippen molar-refractivity contribution in [1.82, 2.24) is 10.1 Å². The summed E-state index contributed by atoms with van der Waals surface area (Å²) >= 11 is 0. The standard InChI is InChI=1S/C16H19N3O.ClH/c17-16(8-4-5-9-16)13-18-14(20-19-13)15(10-11-15)12-6-2-1-3-7-12;/h1-3,6-7H,4-5,8-11,17H2;1H. The van der Waals surface area contributed by atoms with Crippen molar-refractivity contribution in [2.24, 2.45) is 5.73 Å². The molecular weight excluding hydrogens is 286 g/mol. The van der Waals surface area contributed by atoms with Crippen LogP contribution in [-0.2, 0) is 11.0 Å². The third kappa shape index (κ3) is 2.27. The van der Waals surface area contributed by atoms with Crippen molar-refractivity contribution in [2.75, 3.05) is 0 Å². The van der Waals surface area contributed by atoms with Crippen LogP contribution >= 0.6 is 12.4 Å². The molecule has 0 unspecified atom stereocenters. The molecule has 21 heavy (non-hydrogen) atoms. The number of benzene rings is 1. The molecular formula is C16H20ClN3O. The molecule has 5 heteroatoms. The molecule has 0 bridgehead atoms. The van der Waals surface area contributed by atoms with Crippen LogP contribution in [0.25, 0.3) is 0 Å². The molecule has 2 saturated carbocycles. The third-order valence-corrected chi connectivity index (χ3v) is 4.85. The molecule has 1 aromatic carbocycles.